The molecule has 0 saturated carbocycles. The Hall–Kier alpha value is -3.41. The first-order valence-electron chi connectivity index (χ1n) is 10.3. The van der Waals surface area contributed by atoms with Crippen molar-refractivity contribution >= 4 is 61.4 Å². The summed E-state index contributed by atoms with van der Waals surface area (Å²) in [6.45, 7) is 0. The second kappa shape index (κ2) is 11.3. The molecule has 12 heteroatoms. The Balaban J connectivity index is 1.78. The Morgan fingerprint density at radius 1 is 0.971 bits per heavy atom. The molecule has 9 nitrogen and oxygen atoms in total. The second-order valence-electron chi connectivity index (χ2n) is 7.65. The van der Waals surface area contributed by atoms with Crippen molar-refractivity contribution in [2.45, 2.75) is 6.04 Å². The van der Waals surface area contributed by atoms with Crippen molar-refractivity contribution in [3.05, 3.63) is 82.2 Å². The zero-order valence-electron chi connectivity index (χ0n) is 19.2. The molecule has 3 aromatic rings. The molecule has 1 heterocycles. The van der Waals surface area contributed by atoms with Gasteiger partial charge in [0.2, 0.25) is 0 Å². The number of carbonyl (C=O) groups excluding carboxylic acids is 2. The van der Waals surface area contributed by atoms with Gasteiger partial charge in [-0.2, -0.15) is 0 Å². The molecule has 0 aliphatic heterocycles. The smallest absolute Gasteiger partial charge is 0.320 e. The maximum atomic E-state index is 13.1. The minimum absolute atomic E-state index is 0.263. The van der Waals surface area contributed by atoms with Crippen LogP contribution in [0.15, 0.2) is 71.1 Å². The van der Waals surface area contributed by atoms with Crippen molar-refractivity contribution in [2.24, 2.45) is 4.40 Å². The summed E-state index contributed by atoms with van der Waals surface area (Å²) >= 11 is 7.11. The Kier molecular flexibility index (Phi) is 8.49. The number of urea groups is 1. The first kappa shape index (κ1) is 26.2. The molecule has 0 bridgehead atoms. The number of benzene rings is 2. The third-order valence-electron chi connectivity index (χ3n) is 4.57. The number of anilines is 2. The summed E-state index contributed by atoms with van der Waals surface area (Å²) in [7, 11) is -0.226. The largest absolute Gasteiger partial charge is 0.362 e. The molecule has 184 valence electrons. The van der Waals surface area contributed by atoms with Crippen LogP contribution in [0.5, 0.6) is 0 Å². The SMILES string of the molecule is CN(C)C(=NS(C)(=O)=O)c1ccc(NC(=O)C(NC(=O)Nc2ccc(Cl)s2)c2ccccc2)cc1. The van der Waals surface area contributed by atoms with Gasteiger partial charge >= 0.3 is 6.03 Å². The van der Waals surface area contributed by atoms with Gasteiger partial charge in [-0.15, -0.1) is 15.7 Å². The Morgan fingerprint density at radius 3 is 2.17 bits per heavy atom. The third-order valence-corrected chi connectivity index (χ3v) is 6.22. The van der Waals surface area contributed by atoms with Gasteiger partial charge in [-0.3, -0.25) is 10.1 Å². The maximum absolute atomic E-state index is 13.1. The molecule has 0 aliphatic carbocycles. The summed E-state index contributed by atoms with van der Waals surface area (Å²) in [5.41, 5.74) is 1.62. The van der Waals surface area contributed by atoms with Gasteiger partial charge in [0, 0.05) is 25.3 Å². The van der Waals surface area contributed by atoms with Crippen LogP contribution in [0.25, 0.3) is 0 Å². The second-order valence-corrected chi connectivity index (χ2v) is 11.0. The van der Waals surface area contributed by atoms with E-state index >= 15 is 0 Å². The molecule has 0 radical (unpaired) electrons. The van der Waals surface area contributed by atoms with Crippen LogP contribution in [-0.4, -0.2) is 51.4 Å². The summed E-state index contributed by atoms with van der Waals surface area (Å²) in [6, 6.07) is 17.2. The van der Waals surface area contributed by atoms with E-state index in [0.29, 0.717) is 26.2 Å². The molecule has 1 unspecified atom stereocenters. The minimum atomic E-state index is -3.60. The molecule has 3 amide bonds. The molecule has 2 aromatic carbocycles. The number of thiophene rings is 1. The zero-order valence-corrected chi connectivity index (χ0v) is 21.5. The number of amidine groups is 1. The van der Waals surface area contributed by atoms with Crippen LogP contribution in [0, 0.1) is 0 Å². The first-order valence-corrected chi connectivity index (χ1v) is 13.3. The van der Waals surface area contributed by atoms with E-state index in [9.17, 15) is 18.0 Å². The van der Waals surface area contributed by atoms with Crippen LogP contribution in [0.4, 0.5) is 15.5 Å². The number of carbonyl (C=O) groups is 2. The van der Waals surface area contributed by atoms with E-state index in [2.05, 4.69) is 20.3 Å². The summed E-state index contributed by atoms with van der Waals surface area (Å²) in [5.74, 6) is -0.194. The van der Waals surface area contributed by atoms with Gasteiger partial charge in [0.25, 0.3) is 15.9 Å². The van der Waals surface area contributed by atoms with E-state index in [4.69, 9.17) is 11.6 Å². The van der Waals surface area contributed by atoms with Gasteiger partial charge < -0.3 is 15.5 Å². The fourth-order valence-electron chi connectivity index (χ4n) is 3.07. The Morgan fingerprint density at radius 2 is 1.63 bits per heavy atom. The number of nitrogens with one attached hydrogen (secondary N) is 3. The van der Waals surface area contributed by atoms with E-state index < -0.39 is 28.0 Å². The number of sulfonamides is 1. The molecular formula is C23H24ClN5O4S2. The van der Waals surface area contributed by atoms with Gasteiger partial charge in [-0.05, 0) is 42.0 Å². The molecule has 3 rings (SSSR count). The monoisotopic (exact) mass is 533 g/mol. The van der Waals surface area contributed by atoms with Crippen molar-refractivity contribution in [1.82, 2.24) is 10.2 Å². The van der Waals surface area contributed by atoms with Gasteiger partial charge in [0.1, 0.15) is 11.9 Å². The highest BCUT2D eigenvalue weighted by molar-refractivity contribution is 7.89. The fraction of sp³-hybridized carbons (Fsp3) is 0.174. The maximum Gasteiger partial charge on any atom is 0.320 e. The van der Waals surface area contributed by atoms with Crippen molar-refractivity contribution < 1.29 is 18.0 Å². The van der Waals surface area contributed by atoms with Gasteiger partial charge in [0.05, 0.1) is 15.6 Å². The predicted molar refractivity (Wildman–Crippen MR) is 141 cm³/mol. The normalized spacial score (nSPS) is 12.5. The van der Waals surface area contributed by atoms with E-state index in [1.165, 1.54) is 11.3 Å². The third kappa shape index (κ3) is 7.81. The number of nitrogens with zero attached hydrogens (tertiary/aromatic N) is 2. The lowest BCUT2D eigenvalue weighted by Gasteiger charge is -2.19. The molecule has 0 aliphatic rings. The van der Waals surface area contributed by atoms with E-state index in [0.717, 1.165) is 6.26 Å². The number of rotatable bonds is 7. The lowest BCUT2D eigenvalue weighted by molar-refractivity contribution is -0.118. The van der Waals surface area contributed by atoms with Crippen molar-refractivity contribution in [2.75, 3.05) is 31.0 Å². The summed E-state index contributed by atoms with van der Waals surface area (Å²) in [4.78, 5) is 27.3. The lowest BCUT2D eigenvalue weighted by Crippen LogP contribution is -2.39. The summed E-state index contributed by atoms with van der Waals surface area (Å²) in [5, 5.41) is 8.69. The average Bonchev–Trinajstić information content (AvgIpc) is 3.20. The average molecular weight is 534 g/mol. The Bertz CT molecular complexity index is 1320. The van der Waals surface area contributed by atoms with Crippen LogP contribution in [0.2, 0.25) is 4.34 Å². The van der Waals surface area contributed by atoms with E-state index in [-0.39, 0.29) is 5.84 Å². The first-order chi connectivity index (χ1) is 16.5. The summed E-state index contributed by atoms with van der Waals surface area (Å²) < 4.78 is 27.6. The molecular weight excluding hydrogens is 510 g/mol. The predicted octanol–water partition coefficient (Wildman–Crippen LogP) is 4.17. The molecule has 3 N–H and O–H groups in total. The number of amides is 3. The Labute approximate surface area is 212 Å². The highest BCUT2D eigenvalue weighted by atomic mass is 35.5. The van der Waals surface area contributed by atoms with E-state index in [1.54, 1.807) is 79.7 Å². The summed E-state index contributed by atoms with van der Waals surface area (Å²) in [6.07, 6.45) is 1.02. The van der Waals surface area contributed by atoms with Crippen LogP contribution < -0.4 is 16.0 Å². The van der Waals surface area contributed by atoms with Crippen LogP contribution >= 0.6 is 22.9 Å². The number of halogens is 1. The highest BCUT2D eigenvalue weighted by Crippen LogP contribution is 2.26. The van der Waals surface area contributed by atoms with E-state index in [1.807, 2.05) is 6.07 Å². The fourth-order valence-corrected chi connectivity index (χ4v) is 4.59. The molecule has 0 fully saturated rings. The van der Waals surface area contributed by atoms with Gasteiger partial charge in [0.15, 0.2) is 0 Å². The van der Waals surface area contributed by atoms with Crippen LogP contribution in [-0.2, 0) is 14.8 Å². The van der Waals surface area contributed by atoms with Crippen molar-refractivity contribution in [3.8, 4) is 0 Å². The lowest BCUT2D eigenvalue weighted by atomic mass is 10.1. The standard InChI is InChI=1S/C23H24ClN5O4S2/c1-29(2)21(28-35(3,32)33)16-9-11-17(12-10-16)25-22(30)20(15-7-5-4-6-8-15)27-23(31)26-19-14-13-18(24)34-19/h4-14,20H,1-3H3,(H,25,30)(H2,26,27,31). The van der Waals surface area contributed by atoms with Gasteiger partial charge in [-0.25, -0.2) is 13.2 Å². The quantitative estimate of drug-likeness (QED) is 0.311. The van der Waals surface area contributed by atoms with Crippen LogP contribution in [0.1, 0.15) is 17.2 Å². The number of hydrogen-bond donors (Lipinski definition) is 3. The van der Waals surface area contributed by atoms with Crippen molar-refractivity contribution in [1.29, 1.82) is 0 Å². The van der Waals surface area contributed by atoms with Crippen LogP contribution in [0.3, 0.4) is 0 Å². The number of hydrogen-bond acceptors (Lipinski definition) is 5. The molecule has 1 atom stereocenters. The highest BCUT2D eigenvalue weighted by Gasteiger charge is 2.23. The zero-order chi connectivity index (χ0) is 25.6. The molecule has 35 heavy (non-hydrogen) atoms. The topological polar surface area (TPSA) is 120 Å². The molecule has 1 aromatic heterocycles. The minimum Gasteiger partial charge on any atom is -0.362 e. The van der Waals surface area contributed by atoms with Crippen molar-refractivity contribution in [3.63, 3.8) is 0 Å². The molecule has 0 saturated heterocycles. The van der Waals surface area contributed by atoms with Gasteiger partial charge in [-0.1, -0.05) is 41.9 Å². The molecule has 0 spiro atoms.